The van der Waals surface area contributed by atoms with Gasteiger partial charge in [-0.25, -0.2) is 4.39 Å². The number of aliphatic hydroxyl groups is 1. The molecular weight excluding hydrogens is 455 g/mol. The number of aromatic hydroxyl groups is 1. The number of aromatic nitrogens is 1. The molecule has 0 saturated heterocycles. The zero-order valence-corrected chi connectivity index (χ0v) is 21.0. The number of halogens is 1. The van der Waals surface area contributed by atoms with Crippen LogP contribution in [0.5, 0.6) is 5.75 Å². The topological polar surface area (TPSA) is 139 Å². The van der Waals surface area contributed by atoms with E-state index in [1.807, 2.05) is 13.0 Å². The van der Waals surface area contributed by atoms with E-state index >= 15 is 0 Å². The highest BCUT2D eigenvalue weighted by Gasteiger charge is 2.35. The van der Waals surface area contributed by atoms with Gasteiger partial charge in [-0.15, -0.1) is 0 Å². The number of rotatable bonds is 8. The van der Waals surface area contributed by atoms with Crippen molar-refractivity contribution in [2.45, 2.75) is 59.4 Å². The molecule has 3 unspecified atom stereocenters. The summed E-state index contributed by atoms with van der Waals surface area (Å²) >= 11 is 0. The highest BCUT2D eigenvalue weighted by Crippen LogP contribution is 2.28. The SMILES string of the molecule is CC(C)C.CC/C=C(\C=C/CF)CC1CN=c2c(O)c(C(O)NC)c(=O)n3c2=C1OC(C(N)=O)C3. The lowest BCUT2D eigenvalue weighted by Crippen LogP contribution is -2.56. The summed E-state index contributed by atoms with van der Waals surface area (Å²) in [6.07, 6.45) is 3.71. The number of hydrogen-bond donors (Lipinski definition) is 4. The second-order valence-electron chi connectivity index (χ2n) is 9.16. The monoisotopic (exact) mass is 492 g/mol. The third kappa shape index (κ3) is 6.58. The molecule has 1 aromatic heterocycles. The van der Waals surface area contributed by atoms with Crippen LogP contribution in [0.25, 0.3) is 5.76 Å². The molecule has 2 aliphatic rings. The molecule has 3 atom stereocenters. The molecule has 1 aromatic rings. The van der Waals surface area contributed by atoms with Crippen molar-refractivity contribution in [3.05, 3.63) is 50.4 Å². The van der Waals surface area contributed by atoms with Gasteiger partial charge < -0.3 is 20.7 Å². The molecule has 35 heavy (non-hydrogen) atoms. The number of carbonyl (C=O) groups is 1. The van der Waals surface area contributed by atoms with Gasteiger partial charge in [0.05, 0.1) is 13.1 Å². The second-order valence-corrected chi connectivity index (χ2v) is 9.16. The first-order chi connectivity index (χ1) is 16.6. The van der Waals surface area contributed by atoms with E-state index in [0.29, 0.717) is 12.2 Å². The van der Waals surface area contributed by atoms with Gasteiger partial charge in [0.1, 0.15) is 34.9 Å². The number of allylic oxidation sites excluding steroid dienone is 4. The molecule has 0 radical (unpaired) electrons. The van der Waals surface area contributed by atoms with E-state index in [1.54, 1.807) is 6.08 Å². The van der Waals surface area contributed by atoms with Crippen LogP contribution < -0.4 is 27.3 Å². The molecule has 0 spiro atoms. The summed E-state index contributed by atoms with van der Waals surface area (Å²) in [6.45, 7) is 7.91. The molecule has 9 nitrogen and oxygen atoms in total. The van der Waals surface area contributed by atoms with Gasteiger partial charge in [0.15, 0.2) is 11.9 Å². The van der Waals surface area contributed by atoms with Gasteiger partial charge in [-0.2, -0.15) is 0 Å². The summed E-state index contributed by atoms with van der Waals surface area (Å²) in [5.41, 5.74) is 5.41. The zero-order valence-electron chi connectivity index (χ0n) is 21.0. The average molecular weight is 493 g/mol. The molecule has 0 bridgehead atoms. The standard InChI is InChI=1S/C21H27FN4O5.C4H10/c1-3-5-11(6-4-7-22)8-12-9-25-15-16-18(12)31-13(19(23)28)10-26(16)21(30)14(17(15)27)20(29)24-2;1-4(2)3/h4-6,12-13,20,24,27,29H,3,7-10H2,1-2H3,(H2,23,28);4H,1-3H3/b6-4-,11-5+;. The predicted molar refractivity (Wildman–Crippen MR) is 132 cm³/mol. The normalized spacial score (nSPS) is 20.0. The maximum atomic E-state index is 13.1. The van der Waals surface area contributed by atoms with Gasteiger partial charge in [0.2, 0.25) is 0 Å². The Morgan fingerprint density at radius 1 is 1.40 bits per heavy atom. The first-order valence-electron chi connectivity index (χ1n) is 11.8. The summed E-state index contributed by atoms with van der Waals surface area (Å²) in [4.78, 5) is 29.5. The molecule has 10 heteroatoms. The third-order valence-corrected chi connectivity index (χ3v) is 5.37. The Morgan fingerprint density at radius 3 is 2.60 bits per heavy atom. The Hall–Kier alpha value is -2.98. The van der Waals surface area contributed by atoms with Crippen molar-refractivity contribution < 1.29 is 24.1 Å². The number of ether oxygens (including phenoxy) is 1. The quantitative estimate of drug-likeness (QED) is 0.314. The lowest BCUT2D eigenvalue weighted by Gasteiger charge is -2.32. The summed E-state index contributed by atoms with van der Waals surface area (Å²) in [7, 11) is 1.44. The van der Waals surface area contributed by atoms with Crippen LogP contribution in [0, 0.1) is 11.8 Å². The highest BCUT2D eigenvalue weighted by atomic mass is 19.1. The van der Waals surface area contributed by atoms with Crippen molar-refractivity contribution in [2.75, 3.05) is 20.3 Å². The lowest BCUT2D eigenvalue weighted by atomic mass is 9.93. The first-order valence-corrected chi connectivity index (χ1v) is 11.8. The Labute approximate surface area is 204 Å². The number of aliphatic hydroxyl groups excluding tert-OH is 1. The fourth-order valence-corrected chi connectivity index (χ4v) is 3.93. The maximum Gasteiger partial charge on any atom is 0.262 e. The van der Waals surface area contributed by atoms with Crippen LogP contribution in [-0.2, 0) is 16.1 Å². The van der Waals surface area contributed by atoms with E-state index in [4.69, 9.17) is 10.5 Å². The molecule has 3 heterocycles. The number of hydrogen-bond acceptors (Lipinski definition) is 7. The third-order valence-electron chi connectivity index (χ3n) is 5.37. The molecule has 194 valence electrons. The summed E-state index contributed by atoms with van der Waals surface area (Å²) in [6, 6.07) is 0. The number of carbonyl (C=O) groups excluding carboxylic acids is 1. The lowest BCUT2D eigenvalue weighted by molar-refractivity contribution is -0.127. The first kappa shape index (κ1) is 28.3. The van der Waals surface area contributed by atoms with Crippen LogP contribution in [0.4, 0.5) is 4.39 Å². The summed E-state index contributed by atoms with van der Waals surface area (Å²) < 4.78 is 19.8. The van der Waals surface area contributed by atoms with Crippen molar-refractivity contribution in [1.29, 1.82) is 0 Å². The van der Waals surface area contributed by atoms with Gasteiger partial charge in [-0.1, -0.05) is 51.5 Å². The Balaban J connectivity index is 0.00000100. The number of amides is 1. The molecule has 2 aliphatic heterocycles. The van der Waals surface area contributed by atoms with Crippen LogP contribution >= 0.6 is 0 Å². The van der Waals surface area contributed by atoms with E-state index in [-0.39, 0.29) is 35.3 Å². The van der Waals surface area contributed by atoms with Crippen LogP contribution in [-0.4, -0.2) is 47.1 Å². The number of nitrogens with zero attached hydrogens (tertiary/aromatic N) is 2. The Morgan fingerprint density at radius 2 is 2.06 bits per heavy atom. The zero-order chi connectivity index (χ0) is 26.3. The van der Waals surface area contributed by atoms with E-state index < -0.39 is 36.2 Å². The average Bonchev–Trinajstić information content (AvgIpc) is 2.80. The van der Waals surface area contributed by atoms with Gasteiger partial charge in [0, 0.05) is 5.92 Å². The molecule has 0 saturated carbocycles. The number of nitrogens with two attached hydrogens (primary N) is 1. The second kappa shape index (κ2) is 12.6. The maximum absolute atomic E-state index is 13.1. The summed E-state index contributed by atoms with van der Waals surface area (Å²) in [5.74, 6) is -0.356. The molecule has 0 aliphatic carbocycles. The molecule has 0 fully saturated rings. The van der Waals surface area contributed by atoms with E-state index in [2.05, 4.69) is 31.1 Å². The van der Waals surface area contributed by atoms with Crippen molar-refractivity contribution in [3.8, 4) is 5.75 Å². The molecule has 5 N–H and O–H groups in total. The highest BCUT2D eigenvalue weighted by molar-refractivity contribution is 5.79. The molecular formula is C25H37FN4O5. The smallest absolute Gasteiger partial charge is 0.262 e. The fourth-order valence-electron chi connectivity index (χ4n) is 3.93. The summed E-state index contributed by atoms with van der Waals surface area (Å²) in [5, 5.41) is 23.8. The van der Waals surface area contributed by atoms with Crippen molar-refractivity contribution in [1.82, 2.24) is 9.88 Å². The predicted octanol–water partition coefficient (Wildman–Crippen LogP) is 0.920. The van der Waals surface area contributed by atoms with Gasteiger partial charge in [-0.3, -0.25) is 24.5 Å². The minimum Gasteiger partial charge on any atom is -0.505 e. The van der Waals surface area contributed by atoms with Crippen molar-refractivity contribution in [3.63, 3.8) is 0 Å². The number of primary amides is 1. The Kier molecular flexibility index (Phi) is 10.2. The number of pyridine rings is 1. The van der Waals surface area contributed by atoms with Crippen LogP contribution in [0.2, 0.25) is 0 Å². The molecule has 1 amide bonds. The number of nitrogens with one attached hydrogen (secondary N) is 1. The fraction of sp³-hybridized carbons (Fsp3) is 0.560. The van der Waals surface area contributed by atoms with E-state index in [9.17, 15) is 24.2 Å². The van der Waals surface area contributed by atoms with E-state index in [1.165, 1.54) is 17.7 Å². The van der Waals surface area contributed by atoms with Crippen LogP contribution in [0.1, 0.15) is 52.3 Å². The largest absolute Gasteiger partial charge is 0.505 e. The van der Waals surface area contributed by atoms with Gasteiger partial charge >= 0.3 is 0 Å². The minimum absolute atomic E-state index is 0.124. The Bertz CT molecular complexity index is 1150. The number of alkyl halides is 1. The van der Waals surface area contributed by atoms with E-state index in [0.717, 1.165) is 17.9 Å². The molecule has 0 aromatic carbocycles. The minimum atomic E-state index is -1.42. The van der Waals surface area contributed by atoms with Crippen molar-refractivity contribution in [2.24, 2.45) is 22.6 Å². The van der Waals surface area contributed by atoms with Crippen LogP contribution in [0.15, 0.2) is 33.6 Å². The molecule has 3 rings (SSSR count). The van der Waals surface area contributed by atoms with Crippen molar-refractivity contribution >= 4 is 11.7 Å². The van der Waals surface area contributed by atoms with Crippen LogP contribution in [0.3, 0.4) is 0 Å². The van der Waals surface area contributed by atoms with Gasteiger partial charge in [-0.05, 0) is 25.8 Å². The van der Waals surface area contributed by atoms with Gasteiger partial charge in [0.25, 0.3) is 11.5 Å².